The highest BCUT2D eigenvalue weighted by molar-refractivity contribution is 5.10. The molecule has 0 bridgehead atoms. The van der Waals surface area contributed by atoms with Gasteiger partial charge in [0.05, 0.1) is 18.7 Å². The highest BCUT2D eigenvalue weighted by atomic mass is 16.3. The summed E-state index contributed by atoms with van der Waals surface area (Å²) in [5.41, 5.74) is 1.22. The average Bonchev–Trinajstić information content (AvgIpc) is 3.10. The van der Waals surface area contributed by atoms with Gasteiger partial charge >= 0.3 is 0 Å². The summed E-state index contributed by atoms with van der Waals surface area (Å²) >= 11 is 0. The Morgan fingerprint density at radius 2 is 2.22 bits per heavy atom. The minimum atomic E-state index is -0.261. The molecule has 1 fully saturated rings. The van der Waals surface area contributed by atoms with Gasteiger partial charge in [0.1, 0.15) is 5.82 Å². The van der Waals surface area contributed by atoms with E-state index < -0.39 is 0 Å². The van der Waals surface area contributed by atoms with Gasteiger partial charge in [0, 0.05) is 38.6 Å². The van der Waals surface area contributed by atoms with Crippen molar-refractivity contribution in [1.29, 1.82) is 0 Å². The summed E-state index contributed by atoms with van der Waals surface area (Å²) in [5, 5.41) is 18.7. The Morgan fingerprint density at radius 1 is 1.30 bits per heavy atom. The van der Waals surface area contributed by atoms with Crippen LogP contribution < -0.4 is 0 Å². The van der Waals surface area contributed by atoms with Crippen LogP contribution in [0.15, 0.2) is 24.5 Å². The zero-order valence-electron chi connectivity index (χ0n) is 13.3. The molecule has 2 aromatic heterocycles. The lowest BCUT2D eigenvalue weighted by Gasteiger charge is -2.29. The summed E-state index contributed by atoms with van der Waals surface area (Å²) in [6.45, 7) is 4.28. The molecule has 2 aliphatic heterocycles. The molecule has 0 spiro atoms. The highest BCUT2D eigenvalue weighted by Gasteiger charge is 2.34. The summed E-state index contributed by atoms with van der Waals surface area (Å²) in [6.07, 6.45) is 4.20. The first-order valence-corrected chi connectivity index (χ1v) is 8.12. The number of hydrogen-bond donors (Lipinski definition) is 1. The Balaban J connectivity index is 1.49. The van der Waals surface area contributed by atoms with E-state index in [1.807, 2.05) is 19.3 Å². The molecule has 2 aromatic rings. The van der Waals surface area contributed by atoms with Crippen molar-refractivity contribution in [3.63, 3.8) is 0 Å². The molecule has 122 valence electrons. The van der Waals surface area contributed by atoms with Crippen LogP contribution in [0.2, 0.25) is 0 Å². The van der Waals surface area contributed by atoms with Gasteiger partial charge in [0.15, 0.2) is 5.82 Å². The van der Waals surface area contributed by atoms with Crippen LogP contribution in [0.1, 0.15) is 29.7 Å². The number of rotatable bonds is 3. The molecular formula is C16H22N6O. The first-order chi connectivity index (χ1) is 11.2. The second-order valence-electron chi connectivity index (χ2n) is 6.54. The zero-order chi connectivity index (χ0) is 15.8. The fraction of sp³-hybridized carbons (Fsp3) is 0.562. The molecule has 0 amide bonds. The van der Waals surface area contributed by atoms with Gasteiger partial charge in [-0.05, 0) is 25.1 Å². The summed E-state index contributed by atoms with van der Waals surface area (Å²) in [6, 6.07) is 4.25. The van der Waals surface area contributed by atoms with Gasteiger partial charge in [0.25, 0.3) is 0 Å². The second kappa shape index (κ2) is 5.99. The number of hydrogen-bond acceptors (Lipinski definition) is 6. The average molecular weight is 314 g/mol. The molecular weight excluding hydrogens is 292 g/mol. The smallest absolute Gasteiger partial charge is 0.150 e. The molecule has 0 aromatic carbocycles. The monoisotopic (exact) mass is 314 g/mol. The maximum Gasteiger partial charge on any atom is 0.150 e. The molecule has 0 radical (unpaired) electrons. The molecule has 0 unspecified atom stereocenters. The van der Waals surface area contributed by atoms with Crippen molar-refractivity contribution in [3.05, 3.63) is 41.7 Å². The van der Waals surface area contributed by atoms with E-state index in [4.69, 9.17) is 0 Å². The lowest BCUT2D eigenvalue weighted by molar-refractivity contribution is 0.182. The number of fused-ring (bicyclic) bond motifs is 1. The van der Waals surface area contributed by atoms with Gasteiger partial charge < -0.3 is 9.67 Å². The summed E-state index contributed by atoms with van der Waals surface area (Å²) < 4.78 is 2.24. The first-order valence-electron chi connectivity index (χ1n) is 8.12. The van der Waals surface area contributed by atoms with Crippen molar-refractivity contribution in [2.45, 2.75) is 38.2 Å². The number of nitrogens with zero attached hydrogens (tertiary/aromatic N) is 6. The quantitative estimate of drug-likeness (QED) is 0.886. The van der Waals surface area contributed by atoms with Crippen molar-refractivity contribution < 1.29 is 5.11 Å². The van der Waals surface area contributed by atoms with Crippen LogP contribution >= 0.6 is 0 Å². The molecule has 4 heterocycles. The maximum absolute atomic E-state index is 9.87. The van der Waals surface area contributed by atoms with Crippen molar-refractivity contribution in [2.75, 3.05) is 20.1 Å². The largest absolute Gasteiger partial charge is 0.392 e. The molecule has 2 aliphatic rings. The molecule has 7 heteroatoms. The number of aliphatic hydroxyl groups is 1. The lowest BCUT2D eigenvalue weighted by atomic mass is 10.2. The second-order valence-corrected chi connectivity index (χ2v) is 6.54. The van der Waals surface area contributed by atoms with Crippen molar-refractivity contribution in [1.82, 2.24) is 29.5 Å². The number of aromatic nitrogens is 4. The van der Waals surface area contributed by atoms with Crippen LogP contribution in [0.4, 0.5) is 0 Å². The number of aliphatic hydroxyl groups excluding tert-OH is 1. The van der Waals surface area contributed by atoms with Crippen molar-refractivity contribution in [3.8, 4) is 0 Å². The van der Waals surface area contributed by atoms with Gasteiger partial charge in [-0.1, -0.05) is 6.07 Å². The fourth-order valence-electron chi connectivity index (χ4n) is 3.64. The van der Waals surface area contributed by atoms with Crippen LogP contribution in [0.5, 0.6) is 0 Å². The normalized spacial score (nSPS) is 25.7. The molecule has 23 heavy (non-hydrogen) atoms. The zero-order valence-corrected chi connectivity index (χ0v) is 13.3. The van der Waals surface area contributed by atoms with Crippen molar-refractivity contribution >= 4 is 0 Å². The number of likely N-dealkylation sites (N-methyl/N-ethyl adjacent to an activating group) is 1. The maximum atomic E-state index is 9.87. The molecule has 2 atom stereocenters. The Bertz CT molecular complexity index is 672. The summed E-state index contributed by atoms with van der Waals surface area (Å²) in [4.78, 5) is 8.72. The van der Waals surface area contributed by atoms with E-state index in [2.05, 4.69) is 35.6 Å². The van der Waals surface area contributed by atoms with Crippen LogP contribution in [-0.2, 0) is 19.6 Å². The molecule has 1 saturated heterocycles. The van der Waals surface area contributed by atoms with Crippen LogP contribution in [0.3, 0.4) is 0 Å². The number of pyridine rings is 1. The molecule has 1 N–H and O–H groups in total. The Labute approximate surface area is 135 Å². The Morgan fingerprint density at radius 3 is 2.96 bits per heavy atom. The predicted molar refractivity (Wildman–Crippen MR) is 84.4 cm³/mol. The molecule has 0 aliphatic carbocycles. The number of β-amino-alcohol motifs (C(OH)–C–C–N with tert-alkyl or cyclic N) is 1. The first kappa shape index (κ1) is 14.7. The van der Waals surface area contributed by atoms with Crippen LogP contribution in [0, 0.1) is 0 Å². The third-order valence-corrected chi connectivity index (χ3v) is 4.81. The van der Waals surface area contributed by atoms with E-state index in [-0.39, 0.29) is 12.1 Å². The van der Waals surface area contributed by atoms with E-state index in [0.29, 0.717) is 6.54 Å². The van der Waals surface area contributed by atoms with Crippen molar-refractivity contribution in [2.24, 2.45) is 0 Å². The van der Waals surface area contributed by atoms with Gasteiger partial charge in [-0.2, -0.15) is 0 Å². The third kappa shape index (κ3) is 2.87. The van der Waals surface area contributed by atoms with Crippen LogP contribution in [-0.4, -0.2) is 60.9 Å². The van der Waals surface area contributed by atoms with Gasteiger partial charge in [0.2, 0.25) is 0 Å². The SMILES string of the molecule is CN1C[C@H](O)C[C@H]1c1nnc2n1CCN(Cc1cccnc1)C2. The minimum Gasteiger partial charge on any atom is -0.392 e. The summed E-state index contributed by atoms with van der Waals surface area (Å²) in [5.74, 6) is 2.02. The van der Waals surface area contributed by atoms with Crippen LogP contribution in [0.25, 0.3) is 0 Å². The summed E-state index contributed by atoms with van der Waals surface area (Å²) in [7, 11) is 2.04. The van der Waals surface area contributed by atoms with Gasteiger partial charge in [-0.25, -0.2) is 0 Å². The third-order valence-electron chi connectivity index (χ3n) is 4.81. The molecule has 4 rings (SSSR count). The molecule has 7 nitrogen and oxygen atoms in total. The standard InChI is InChI=1S/C16H22N6O/c1-20-10-13(23)7-14(20)16-19-18-15-11-21(5-6-22(15)16)9-12-3-2-4-17-8-12/h2-4,8,13-14,23H,5-7,9-11H2,1H3/t13-,14+/m1/s1. The highest BCUT2D eigenvalue weighted by Crippen LogP contribution is 2.30. The predicted octanol–water partition coefficient (Wildman–Crippen LogP) is 0.426. The van der Waals surface area contributed by atoms with E-state index >= 15 is 0 Å². The van der Waals surface area contributed by atoms with E-state index in [9.17, 15) is 5.11 Å². The topological polar surface area (TPSA) is 70.3 Å². The van der Waals surface area contributed by atoms with E-state index in [0.717, 1.165) is 44.2 Å². The van der Waals surface area contributed by atoms with E-state index in [1.165, 1.54) is 5.56 Å². The van der Waals surface area contributed by atoms with E-state index in [1.54, 1.807) is 6.20 Å². The Hall–Kier alpha value is -1.83. The fourth-order valence-corrected chi connectivity index (χ4v) is 3.64. The molecule has 0 saturated carbocycles. The number of likely N-dealkylation sites (tertiary alicyclic amines) is 1. The minimum absolute atomic E-state index is 0.177. The lowest BCUT2D eigenvalue weighted by Crippen LogP contribution is -2.34. The van der Waals surface area contributed by atoms with Gasteiger partial charge in [-0.15, -0.1) is 10.2 Å². The van der Waals surface area contributed by atoms with Gasteiger partial charge in [-0.3, -0.25) is 14.8 Å². The Kier molecular flexibility index (Phi) is 3.84.